The summed E-state index contributed by atoms with van der Waals surface area (Å²) in [5.41, 5.74) is 0.723. The Morgan fingerprint density at radius 3 is 2.79 bits per heavy atom. The van der Waals surface area contributed by atoms with E-state index in [1.807, 2.05) is 24.3 Å². The fourth-order valence-corrected chi connectivity index (χ4v) is 2.54. The maximum atomic E-state index is 11.0. The molecule has 6 heteroatoms. The zero-order valence-electron chi connectivity index (χ0n) is 13.0. The van der Waals surface area contributed by atoms with Gasteiger partial charge in [-0.05, 0) is 29.8 Å². The maximum Gasteiger partial charge on any atom is 0.335 e. The lowest BCUT2D eigenvalue weighted by molar-refractivity contribution is 0.0696. The first kappa shape index (κ1) is 16.3. The third-order valence-corrected chi connectivity index (χ3v) is 3.80. The number of hydrogen-bond acceptors (Lipinski definition) is 5. The molecule has 24 heavy (non-hydrogen) atoms. The van der Waals surface area contributed by atoms with E-state index in [1.165, 1.54) is 12.1 Å². The van der Waals surface area contributed by atoms with Crippen LogP contribution < -0.4 is 14.8 Å². The van der Waals surface area contributed by atoms with E-state index in [4.69, 9.17) is 14.6 Å². The van der Waals surface area contributed by atoms with E-state index < -0.39 is 12.1 Å². The van der Waals surface area contributed by atoms with Gasteiger partial charge in [-0.1, -0.05) is 24.3 Å². The summed E-state index contributed by atoms with van der Waals surface area (Å²) in [4.78, 5) is 11.0. The van der Waals surface area contributed by atoms with Crippen molar-refractivity contribution >= 4 is 5.97 Å². The molecule has 2 aromatic carbocycles. The predicted molar refractivity (Wildman–Crippen MR) is 87.6 cm³/mol. The highest BCUT2D eigenvalue weighted by molar-refractivity contribution is 5.87. The molecule has 0 spiro atoms. The monoisotopic (exact) mass is 329 g/mol. The Morgan fingerprint density at radius 1 is 1.21 bits per heavy atom. The van der Waals surface area contributed by atoms with Crippen molar-refractivity contribution in [3.8, 4) is 11.5 Å². The number of aliphatic hydroxyl groups excluding tert-OH is 1. The molecule has 1 heterocycles. The fourth-order valence-electron chi connectivity index (χ4n) is 2.54. The molecule has 2 unspecified atom stereocenters. The third kappa shape index (κ3) is 3.84. The molecule has 0 bridgehead atoms. The number of benzene rings is 2. The summed E-state index contributed by atoms with van der Waals surface area (Å²) in [6.45, 7) is 1.25. The Kier molecular flexibility index (Phi) is 4.98. The maximum absolute atomic E-state index is 11.0. The zero-order chi connectivity index (χ0) is 16.9. The molecule has 0 aromatic heterocycles. The minimum atomic E-state index is -1.01. The van der Waals surface area contributed by atoms with Crippen molar-refractivity contribution in [3.05, 3.63) is 59.7 Å². The number of hydrogen-bond donors (Lipinski definition) is 3. The van der Waals surface area contributed by atoms with Crippen molar-refractivity contribution in [2.24, 2.45) is 0 Å². The molecule has 0 saturated heterocycles. The van der Waals surface area contributed by atoms with Gasteiger partial charge in [0.05, 0.1) is 11.7 Å². The fraction of sp³-hybridized carbons (Fsp3) is 0.278. The summed E-state index contributed by atoms with van der Waals surface area (Å²) >= 11 is 0. The Balaban J connectivity index is 1.50. The van der Waals surface area contributed by atoms with Crippen LogP contribution in [-0.4, -0.2) is 42.0 Å². The normalized spacial score (nSPS) is 17.3. The average Bonchev–Trinajstić information content (AvgIpc) is 2.61. The van der Waals surface area contributed by atoms with Crippen molar-refractivity contribution in [3.63, 3.8) is 0 Å². The molecule has 3 N–H and O–H groups in total. The van der Waals surface area contributed by atoms with Crippen molar-refractivity contribution in [2.75, 3.05) is 19.7 Å². The Labute approximate surface area is 139 Å². The first-order valence-electron chi connectivity index (χ1n) is 7.74. The number of aromatic carboxylic acids is 1. The van der Waals surface area contributed by atoms with Gasteiger partial charge in [0.25, 0.3) is 0 Å². The number of carbonyl (C=O) groups is 1. The lowest BCUT2D eigenvalue weighted by Gasteiger charge is -2.27. The van der Waals surface area contributed by atoms with Crippen LogP contribution in [0.4, 0.5) is 0 Å². The summed E-state index contributed by atoms with van der Waals surface area (Å²) in [6.07, 6.45) is -0.932. The quantitative estimate of drug-likeness (QED) is 0.750. The summed E-state index contributed by atoms with van der Waals surface area (Å²) in [5, 5.41) is 22.3. The van der Waals surface area contributed by atoms with Gasteiger partial charge >= 0.3 is 5.97 Å². The van der Waals surface area contributed by atoms with E-state index >= 15 is 0 Å². The first-order chi connectivity index (χ1) is 11.6. The van der Waals surface area contributed by atoms with E-state index in [9.17, 15) is 9.90 Å². The number of aliphatic hydroxyl groups is 1. The molecule has 6 nitrogen and oxygen atoms in total. The van der Waals surface area contributed by atoms with Gasteiger partial charge in [0.2, 0.25) is 0 Å². The molecule has 3 rings (SSSR count). The van der Waals surface area contributed by atoms with Crippen molar-refractivity contribution in [1.82, 2.24) is 5.32 Å². The van der Waals surface area contributed by atoms with Gasteiger partial charge in [-0.25, -0.2) is 4.79 Å². The number of carboxylic acid groups (broad SMARTS) is 1. The second-order valence-corrected chi connectivity index (χ2v) is 5.60. The van der Waals surface area contributed by atoms with E-state index in [-0.39, 0.29) is 11.7 Å². The van der Waals surface area contributed by atoms with Crippen LogP contribution in [0.3, 0.4) is 0 Å². The number of nitrogens with one attached hydrogen (secondary N) is 1. The highest BCUT2D eigenvalue weighted by atomic mass is 16.6. The van der Waals surface area contributed by atoms with Gasteiger partial charge in [-0.15, -0.1) is 0 Å². The van der Waals surface area contributed by atoms with Gasteiger partial charge in [-0.3, -0.25) is 0 Å². The molecule has 0 aliphatic carbocycles. The predicted octanol–water partition coefficient (Wildman–Crippen LogP) is 1.85. The number of rotatable bonds is 6. The summed E-state index contributed by atoms with van der Waals surface area (Å²) in [5.74, 6) is 0.438. The largest absolute Gasteiger partial charge is 0.486 e. The van der Waals surface area contributed by atoms with Crippen LogP contribution in [0.25, 0.3) is 0 Å². The minimum absolute atomic E-state index is 0.141. The van der Waals surface area contributed by atoms with E-state index in [0.29, 0.717) is 31.0 Å². The molecule has 0 saturated carbocycles. The van der Waals surface area contributed by atoms with Crippen LogP contribution in [0.1, 0.15) is 22.0 Å². The average molecular weight is 329 g/mol. The number of carboxylic acids is 1. The second-order valence-electron chi connectivity index (χ2n) is 5.60. The second kappa shape index (κ2) is 7.33. The molecule has 1 aliphatic heterocycles. The molecular weight excluding hydrogens is 310 g/mol. The molecular formula is C18H19NO5. The smallest absolute Gasteiger partial charge is 0.335 e. The molecule has 2 atom stereocenters. The van der Waals surface area contributed by atoms with Crippen molar-refractivity contribution in [1.29, 1.82) is 0 Å². The Morgan fingerprint density at radius 2 is 2.00 bits per heavy atom. The first-order valence-corrected chi connectivity index (χ1v) is 7.74. The lowest BCUT2D eigenvalue weighted by atomic mass is 10.1. The van der Waals surface area contributed by atoms with Gasteiger partial charge < -0.3 is 25.0 Å². The third-order valence-electron chi connectivity index (χ3n) is 3.80. The standard InChI is InChI=1S/C18H19NO5/c20-15(12-4-3-5-13(8-12)18(21)22)10-19-9-14-11-23-16-6-1-2-7-17(16)24-14/h1-8,14-15,19-20H,9-11H2,(H,21,22). The molecule has 0 radical (unpaired) electrons. The molecule has 0 fully saturated rings. The number of ether oxygens (including phenoxy) is 2. The van der Waals surface area contributed by atoms with E-state index in [1.54, 1.807) is 12.1 Å². The summed E-state index contributed by atoms with van der Waals surface area (Å²) in [6, 6.07) is 13.8. The summed E-state index contributed by atoms with van der Waals surface area (Å²) in [7, 11) is 0. The van der Waals surface area contributed by atoms with E-state index in [0.717, 1.165) is 5.75 Å². The van der Waals surface area contributed by atoms with Gasteiger partial charge in [-0.2, -0.15) is 0 Å². The number of para-hydroxylation sites is 2. The lowest BCUT2D eigenvalue weighted by Crippen LogP contribution is -2.39. The van der Waals surface area contributed by atoms with Gasteiger partial charge in [0, 0.05) is 13.1 Å². The van der Waals surface area contributed by atoms with Crippen LogP contribution >= 0.6 is 0 Å². The van der Waals surface area contributed by atoms with Crippen LogP contribution in [0.5, 0.6) is 11.5 Å². The highest BCUT2D eigenvalue weighted by Gasteiger charge is 2.20. The van der Waals surface area contributed by atoms with Gasteiger partial charge in [0.15, 0.2) is 11.5 Å². The Hall–Kier alpha value is -2.57. The molecule has 126 valence electrons. The zero-order valence-corrected chi connectivity index (χ0v) is 13.0. The molecule has 0 amide bonds. The Bertz CT molecular complexity index is 718. The van der Waals surface area contributed by atoms with Crippen LogP contribution in [0.15, 0.2) is 48.5 Å². The topological polar surface area (TPSA) is 88.0 Å². The van der Waals surface area contributed by atoms with Crippen molar-refractivity contribution < 1.29 is 24.5 Å². The van der Waals surface area contributed by atoms with Gasteiger partial charge in [0.1, 0.15) is 12.7 Å². The SMILES string of the molecule is O=C(O)c1cccc(C(O)CNCC2COc3ccccc3O2)c1. The molecule has 2 aromatic rings. The van der Waals surface area contributed by atoms with Crippen LogP contribution in [0, 0.1) is 0 Å². The van der Waals surface area contributed by atoms with Crippen molar-refractivity contribution in [2.45, 2.75) is 12.2 Å². The minimum Gasteiger partial charge on any atom is -0.486 e. The highest BCUT2D eigenvalue weighted by Crippen LogP contribution is 2.30. The number of fused-ring (bicyclic) bond motifs is 1. The van der Waals surface area contributed by atoms with E-state index in [2.05, 4.69) is 5.32 Å². The molecule has 1 aliphatic rings. The van der Waals surface area contributed by atoms with Crippen LogP contribution in [-0.2, 0) is 0 Å². The van der Waals surface area contributed by atoms with Crippen LogP contribution in [0.2, 0.25) is 0 Å². The summed E-state index contributed by atoms with van der Waals surface area (Å²) < 4.78 is 11.5.